The summed E-state index contributed by atoms with van der Waals surface area (Å²) in [4.78, 5) is 23.2. The Bertz CT molecular complexity index is 488. The molecule has 0 spiro atoms. The minimum absolute atomic E-state index is 0.123. The average molecular weight is 286 g/mol. The first-order valence-corrected chi connectivity index (χ1v) is 6.58. The highest BCUT2D eigenvalue weighted by Crippen LogP contribution is 2.23. The van der Waals surface area contributed by atoms with E-state index in [1.54, 1.807) is 18.2 Å². The molecule has 1 aromatic rings. The van der Waals surface area contributed by atoms with E-state index in [1.807, 2.05) is 0 Å². The number of carbonyl (C=O) groups excluding carboxylic acids is 2. The zero-order valence-electron chi connectivity index (χ0n) is 9.71. The molecule has 3 nitrogen and oxygen atoms in total. The minimum atomic E-state index is -0.305. The molecule has 0 heterocycles. The first-order valence-electron chi connectivity index (χ1n) is 5.82. The van der Waals surface area contributed by atoms with Gasteiger partial charge in [-0.2, -0.15) is 0 Å². The second-order valence-electron chi connectivity index (χ2n) is 4.40. The third kappa shape index (κ3) is 3.24. The summed E-state index contributed by atoms with van der Waals surface area (Å²) in [6, 6.07) is 4.78. The molecule has 0 saturated heterocycles. The average Bonchev–Trinajstić information content (AvgIpc) is 2.70. The number of carbonyl (C=O) groups is 2. The van der Waals surface area contributed by atoms with Crippen molar-refractivity contribution < 1.29 is 9.59 Å². The maximum absolute atomic E-state index is 11.8. The Labute approximate surface area is 115 Å². The van der Waals surface area contributed by atoms with Crippen LogP contribution in [0.1, 0.15) is 24.8 Å². The van der Waals surface area contributed by atoms with Crippen molar-refractivity contribution in [2.45, 2.75) is 31.7 Å². The van der Waals surface area contributed by atoms with E-state index >= 15 is 0 Å². The predicted molar refractivity (Wildman–Crippen MR) is 71.0 cm³/mol. The molecule has 1 aliphatic rings. The van der Waals surface area contributed by atoms with Crippen molar-refractivity contribution in [1.29, 1.82) is 0 Å². The van der Waals surface area contributed by atoms with Crippen molar-refractivity contribution in [3.05, 3.63) is 33.8 Å². The lowest BCUT2D eigenvalue weighted by atomic mass is 10.1. The molecule has 0 unspecified atom stereocenters. The summed E-state index contributed by atoms with van der Waals surface area (Å²) in [6.45, 7) is 0. The first kappa shape index (κ1) is 13.4. The molecule has 1 amide bonds. The zero-order valence-corrected chi connectivity index (χ0v) is 11.2. The van der Waals surface area contributed by atoms with Gasteiger partial charge in [-0.15, -0.1) is 0 Å². The lowest BCUT2D eigenvalue weighted by Gasteiger charge is -2.11. The molecular formula is C13H13Cl2NO2. The minimum Gasteiger partial charge on any atom is -0.346 e. The maximum Gasteiger partial charge on any atom is 0.225 e. The number of benzene rings is 1. The molecule has 18 heavy (non-hydrogen) atoms. The van der Waals surface area contributed by atoms with Gasteiger partial charge in [0.2, 0.25) is 5.91 Å². The van der Waals surface area contributed by atoms with Gasteiger partial charge in [-0.05, 0) is 30.5 Å². The second-order valence-corrected chi connectivity index (χ2v) is 5.22. The van der Waals surface area contributed by atoms with Crippen molar-refractivity contribution in [3.8, 4) is 0 Å². The summed E-state index contributed by atoms with van der Waals surface area (Å²) in [5.41, 5.74) is 0.785. The Morgan fingerprint density at radius 3 is 2.72 bits per heavy atom. The van der Waals surface area contributed by atoms with Crippen LogP contribution in [0.3, 0.4) is 0 Å². The zero-order chi connectivity index (χ0) is 13.1. The maximum atomic E-state index is 11.8. The largest absolute Gasteiger partial charge is 0.346 e. The summed E-state index contributed by atoms with van der Waals surface area (Å²) in [7, 11) is 0. The second kappa shape index (κ2) is 5.72. The summed E-state index contributed by atoms with van der Waals surface area (Å²) in [6.07, 6.45) is 2.38. The Kier molecular flexibility index (Phi) is 4.25. The van der Waals surface area contributed by atoms with Crippen LogP contribution in [0.25, 0.3) is 0 Å². The third-order valence-electron chi connectivity index (χ3n) is 2.99. The number of ketones is 1. The Balaban J connectivity index is 1.94. The van der Waals surface area contributed by atoms with Crippen LogP contribution in [0.15, 0.2) is 18.2 Å². The topological polar surface area (TPSA) is 46.2 Å². The van der Waals surface area contributed by atoms with E-state index in [-0.39, 0.29) is 24.2 Å². The van der Waals surface area contributed by atoms with Gasteiger partial charge in [0.05, 0.1) is 22.5 Å². The summed E-state index contributed by atoms with van der Waals surface area (Å²) < 4.78 is 0. The summed E-state index contributed by atoms with van der Waals surface area (Å²) >= 11 is 11.7. The number of Topliss-reactive ketones (excluding diaryl/α,β-unsaturated/α-hetero) is 1. The van der Waals surface area contributed by atoms with Crippen molar-refractivity contribution in [2.24, 2.45) is 0 Å². The van der Waals surface area contributed by atoms with Gasteiger partial charge in [0, 0.05) is 6.42 Å². The fourth-order valence-corrected chi connectivity index (χ4v) is 2.37. The van der Waals surface area contributed by atoms with Gasteiger partial charge in [-0.25, -0.2) is 0 Å². The number of hydrogen-bond donors (Lipinski definition) is 1. The van der Waals surface area contributed by atoms with E-state index in [0.29, 0.717) is 16.5 Å². The van der Waals surface area contributed by atoms with Gasteiger partial charge in [0.25, 0.3) is 0 Å². The van der Waals surface area contributed by atoms with Gasteiger partial charge < -0.3 is 5.32 Å². The highest BCUT2D eigenvalue weighted by molar-refractivity contribution is 6.42. The lowest BCUT2D eigenvalue weighted by Crippen LogP contribution is -2.38. The Hall–Kier alpha value is -1.06. The van der Waals surface area contributed by atoms with Gasteiger partial charge in [0.1, 0.15) is 0 Å². The predicted octanol–water partition coefficient (Wildman–Crippen LogP) is 2.77. The summed E-state index contributed by atoms with van der Waals surface area (Å²) in [5, 5.41) is 3.64. The summed E-state index contributed by atoms with van der Waals surface area (Å²) in [5.74, 6) is -0.0360. The molecule has 1 atom stereocenters. The quantitative estimate of drug-likeness (QED) is 0.928. The SMILES string of the molecule is O=C(Cc1ccc(Cl)c(Cl)c1)N[C@H]1CCCC1=O. The van der Waals surface area contributed by atoms with Gasteiger partial charge in [0.15, 0.2) is 5.78 Å². The monoisotopic (exact) mass is 285 g/mol. The molecular weight excluding hydrogens is 273 g/mol. The van der Waals surface area contributed by atoms with Crippen LogP contribution in [0, 0.1) is 0 Å². The fraction of sp³-hybridized carbons (Fsp3) is 0.385. The molecule has 96 valence electrons. The lowest BCUT2D eigenvalue weighted by molar-refractivity contribution is -0.126. The van der Waals surface area contributed by atoms with Crippen LogP contribution in [0.5, 0.6) is 0 Å². The Morgan fingerprint density at radius 1 is 1.33 bits per heavy atom. The van der Waals surface area contributed by atoms with Gasteiger partial charge in [-0.1, -0.05) is 29.3 Å². The van der Waals surface area contributed by atoms with Crippen molar-refractivity contribution >= 4 is 34.9 Å². The van der Waals surface area contributed by atoms with Crippen LogP contribution in [0.2, 0.25) is 10.0 Å². The van der Waals surface area contributed by atoms with E-state index in [2.05, 4.69) is 5.32 Å². The molecule has 1 fully saturated rings. The molecule has 1 saturated carbocycles. The smallest absolute Gasteiger partial charge is 0.225 e. The standard InChI is InChI=1S/C13H13Cl2NO2/c14-9-5-4-8(6-10(9)15)7-13(18)16-11-2-1-3-12(11)17/h4-6,11H,1-3,7H2,(H,16,18)/t11-/m0/s1. The number of halogens is 2. The molecule has 1 aliphatic carbocycles. The highest BCUT2D eigenvalue weighted by atomic mass is 35.5. The van der Waals surface area contributed by atoms with Crippen LogP contribution in [-0.4, -0.2) is 17.7 Å². The first-order chi connectivity index (χ1) is 8.56. The van der Waals surface area contributed by atoms with Crippen molar-refractivity contribution in [1.82, 2.24) is 5.32 Å². The van der Waals surface area contributed by atoms with Crippen molar-refractivity contribution in [2.75, 3.05) is 0 Å². The van der Waals surface area contributed by atoms with Crippen LogP contribution >= 0.6 is 23.2 Å². The van der Waals surface area contributed by atoms with Crippen LogP contribution in [-0.2, 0) is 16.0 Å². The normalized spacial score (nSPS) is 19.0. The molecule has 2 rings (SSSR count). The number of amides is 1. The molecule has 0 aliphatic heterocycles. The molecule has 0 aromatic heterocycles. The van der Waals surface area contributed by atoms with E-state index in [0.717, 1.165) is 18.4 Å². The molecule has 5 heteroatoms. The number of hydrogen-bond acceptors (Lipinski definition) is 2. The number of rotatable bonds is 3. The fourth-order valence-electron chi connectivity index (χ4n) is 2.05. The highest BCUT2D eigenvalue weighted by Gasteiger charge is 2.25. The third-order valence-corrected chi connectivity index (χ3v) is 3.73. The van der Waals surface area contributed by atoms with E-state index in [1.165, 1.54) is 0 Å². The molecule has 0 bridgehead atoms. The van der Waals surface area contributed by atoms with Gasteiger partial charge >= 0.3 is 0 Å². The molecule has 0 radical (unpaired) electrons. The number of nitrogens with one attached hydrogen (secondary N) is 1. The van der Waals surface area contributed by atoms with E-state index in [4.69, 9.17) is 23.2 Å². The Morgan fingerprint density at radius 2 is 2.11 bits per heavy atom. The molecule has 1 N–H and O–H groups in total. The van der Waals surface area contributed by atoms with Crippen LogP contribution < -0.4 is 5.32 Å². The van der Waals surface area contributed by atoms with E-state index < -0.39 is 0 Å². The molecule has 1 aromatic carbocycles. The van der Waals surface area contributed by atoms with Crippen LogP contribution in [0.4, 0.5) is 0 Å². The van der Waals surface area contributed by atoms with E-state index in [9.17, 15) is 9.59 Å². The van der Waals surface area contributed by atoms with Crippen molar-refractivity contribution in [3.63, 3.8) is 0 Å². The van der Waals surface area contributed by atoms with Gasteiger partial charge in [-0.3, -0.25) is 9.59 Å².